The van der Waals surface area contributed by atoms with Crippen molar-refractivity contribution in [2.24, 2.45) is 5.92 Å². The van der Waals surface area contributed by atoms with Crippen molar-refractivity contribution in [2.75, 3.05) is 25.9 Å². The molecule has 0 aliphatic carbocycles. The topological polar surface area (TPSA) is 101 Å². The summed E-state index contributed by atoms with van der Waals surface area (Å²) in [6, 6.07) is 0. The van der Waals surface area contributed by atoms with Crippen LogP contribution in [-0.2, 0) is 16.0 Å². The van der Waals surface area contributed by atoms with Crippen LogP contribution in [0.2, 0.25) is 0 Å². The zero-order chi connectivity index (χ0) is 14.0. The van der Waals surface area contributed by atoms with Crippen LogP contribution >= 0.6 is 0 Å². The summed E-state index contributed by atoms with van der Waals surface area (Å²) in [4.78, 5) is 25.3. The van der Waals surface area contributed by atoms with E-state index in [0.717, 1.165) is 5.69 Å². The van der Waals surface area contributed by atoms with Gasteiger partial charge >= 0.3 is 5.97 Å². The number of amides is 1. The van der Waals surface area contributed by atoms with Gasteiger partial charge in [-0.05, 0) is 12.8 Å². The number of carbonyl (C=O) groups excluding carboxylic acids is 2. The van der Waals surface area contributed by atoms with Crippen molar-refractivity contribution >= 4 is 17.6 Å². The molecule has 7 heteroatoms. The maximum atomic E-state index is 12.3. The quantitative estimate of drug-likeness (QED) is 0.760. The van der Waals surface area contributed by atoms with Gasteiger partial charge in [0.25, 0.3) is 5.91 Å². The molecule has 2 heterocycles. The second-order valence-corrected chi connectivity index (χ2v) is 4.58. The third-order valence-corrected chi connectivity index (χ3v) is 3.45. The molecule has 1 aromatic heterocycles. The summed E-state index contributed by atoms with van der Waals surface area (Å²) in [5, 5.41) is 6.72. The maximum Gasteiger partial charge on any atom is 0.310 e. The average molecular weight is 266 g/mol. The van der Waals surface area contributed by atoms with Gasteiger partial charge in [0.1, 0.15) is 0 Å². The summed E-state index contributed by atoms with van der Waals surface area (Å²) in [6.07, 6.45) is 1.31. The molecule has 0 radical (unpaired) electrons. The molecule has 19 heavy (non-hydrogen) atoms. The Bertz CT molecular complexity index is 497. The summed E-state index contributed by atoms with van der Waals surface area (Å²) in [6.45, 7) is 2.81. The van der Waals surface area contributed by atoms with E-state index in [9.17, 15) is 9.59 Å². The van der Waals surface area contributed by atoms with E-state index in [2.05, 4.69) is 14.9 Å². The number of rotatable bonds is 3. The SMILES string of the molecule is CCc1[nH]nc(C(=O)N2CCC(C(=O)OC)C2)c1N. The molecule has 7 nitrogen and oxygen atoms in total. The van der Waals surface area contributed by atoms with Crippen LogP contribution in [0.3, 0.4) is 0 Å². The lowest BCUT2D eigenvalue weighted by molar-refractivity contribution is -0.144. The number of nitrogen functional groups attached to an aromatic ring is 1. The highest BCUT2D eigenvalue weighted by Gasteiger charge is 2.33. The van der Waals surface area contributed by atoms with Crippen LogP contribution in [-0.4, -0.2) is 47.2 Å². The Kier molecular flexibility index (Phi) is 3.73. The van der Waals surface area contributed by atoms with Crippen molar-refractivity contribution in [2.45, 2.75) is 19.8 Å². The number of nitrogens with zero attached hydrogens (tertiary/aromatic N) is 2. The van der Waals surface area contributed by atoms with Gasteiger partial charge in [-0.2, -0.15) is 5.10 Å². The van der Waals surface area contributed by atoms with E-state index in [1.165, 1.54) is 7.11 Å². The Morgan fingerprint density at radius 3 is 2.89 bits per heavy atom. The molecule has 104 valence electrons. The van der Waals surface area contributed by atoms with Gasteiger partial charge in [-0.3, -0.25) is 14.7 Å². The van der Waals surface area contributed by atoms with Crippen LogP contribution < -0.4 is 5.73 Å². The fraction of sp³-hybridized carbons (Fsp3) is 0.583. The highest BCUT2D eigenvalue weighted by Crippen LogP contribution is 2.22. The molecular weight excluding hydrogens is 248 g/mol. The third kappa shape index (κ3) is 2.40. The van der Waals surface area contributed by atoms with Crippen LogP contribution in [0.15, 0.2) is 0 Å². The number of aromatic nitrogens is 2. The number of methoxy groups -OCH3 is 1. The number of nitrogens with one attached hydrogen (secondary N) is 1. The zero-order valence-corrected chi connectivity index (χ0v) is 11.1. The van der Waals surface area contributed by atoms with E-state index in [1.807, 2.05) is 6.92 Å². The van der Waals surface area contributed by atoms with E-state index < -0.39 is 0 Å². The number of H-pyrrole nitrogens is 1. The van der Waals surface area contributed by atoms with E-state index >= 15 is 0 Å². The number of esters is 1. The summed E-state index contributed by atoms with van der Waals surface area (Å²) in [7, 11) is 1.35. The number of anilines is 1. The van der Waals surface area contributed by atoms with Gasteiger partial charge in [0.15, 0.2) is 5.69 Å². The Hall–Kier alpha value is -2.05. The fourth-order valence-corrected chi connectivity index (χ4v) is 2.27. The highest BCUT2D eigenvalue weighted by atomic mass is 16.5. The summed E-state index contributed by atoms with van der Waals surface area (Å²) in [5.74, 6) is -0.765. The van der Waals surface area contributed by atoms with Gasteiger partial charge in [0.05, 0.1) is 24.4 Å². The largest absolute Gasteiger partial charge is 0.469 e. The van der Waals surface area contributed by atoms with Gasteiger partial charge in [-0.1, -0.05) is 6.92 Å². The smallest absolute Gasteiger partial charge is 0.310 e. The summed E-state index contributed by atoms with van der Waals surface area (Å²) < 4.78 is 4.69. The number of ether oxygens (including phenoxy) is 1. The van der Waals surface area contributed by atoms with Crippen molar-refractivity contribution in [3.05, 3.63) is 11.4 Å². The third-order valence-electron chi connectivity index (χ3n) is 3.45. The lowest BCUT2D eigenvalue weighted by Gasteiger charge is -2.14. The van der Waals surface area contributed by atoms with Gasteiger partial charge in [-0.15, -0.1) is 0 Å². The molecule has 1 aliphatic rings. The molecule has 0 bridgehead atoms. The molecule has 0 spiro atoms. The van der Waals surface area contributed by atoms with Crippen LogP contribution in [0.4, 0.5) is 5.69 Å². The zero-order valence-electron chi connectivity index (χ0n) is 11.1. The molecule has 1 unspecified atom stereocenters. The Morgan fingerprint density at radius 1 is 1.58 bits per heavy atom. The van der Waals surface area contributed by atoms with Gasteiger partial charge in [0.2, 0.25) is 0 Å². The van der Waals surface area contributed by atoms with Gasteiger partial charge < -0.3 is 15.4 Å². The highest BCUT2D eigenvalue weighted by molar-refractivity contribution is 5.98. The first kappa shape index (κ1) is 13.4. The van der Waals surface area contributed by atoms with Crippen LogP contribution in [0.5, 0.6) is 0 Å². The maximum absolute atomic E-state index is 12.3. The Balaban J connectivity index is 2.09. The first-order valence-corrected chi connectivity index (χ1v) is 6.28. The van der Waals surface area contributed by atoms with E-state index in [0.29, 0.717) is 31.6 Å². The van der Waals surface area contributed by atoms with E-state index in [1.54, 1.807) is 4.90 Å². The van der Waals surface area contributed by atoms with Crippen molar-refractivity contribution in [1.29, 1.82) is 0 Å². The van der Waals surface area contributed by atoms with Crippen LogP contribution in [0, 0.1) is 5.92 Å². The van der Waals surface area contributed by atoms with Crippen molar-refractivity contribution in [1.82, 2.24) is 15.1 Å². The molecule has 2 rings (SSSR count). The fourth-order valence-electron chi connectivity index (χ4n) is 2.27. The Morgan fingerprint density at radius 2 is 2.32 bits per heavy atom. The molecule has 1 aliphatic heterocycles. The van der Waals surface area contributed by atoms with Crippen LogP contribution in [0.25, 0.3) is 0 Å². The number of likely N-dealkylation sites (tertiary alicyclic amines) is 1. The number of aryl methyl sites for hydroxylation is 1. The van der Waals surface area contributed by atoms with Crippen LogP contribution in [0.1, 0.15) is 29.5 Å². The second kappa shape index (κ2) is 5.29. The average Bonchev–Trinajstić information content (AvgIpc) is 3.03. The lowest BCUT2D eigenvalue weighted by atomic mass is 10.1. The molecule has 3 N–H and O–H groups in total. The molecule has 1 atom stereocenters. The first-order chi connectivity index (χ1) is 9.08. The molecule has 1 fully saturated rings. The predicted octanol–water partition coefficient (Wildman–Crippen LogP) is 0.189. The van der Waals surface area contributed by atoms with Gasteiger partial charge in [-0.25, -0.2) is 0 Å². The monoisotopic (exact) mass is 266 g/mol. The number of aromatic amines is 1. The molecular formula is C12H18N4O3. The predicted molar refractivity (Wildman–Crippen MR) is 68.4 cm³/mol. The molecule has 1 saturated heterocycles. The van der Waals surface area contributed by atoms with Crippen molar-refractivity contribution in [3.63, 3.8) is 0 Å². The van der Waals surface area contributed by atoms with E-state index in [-0.39, 0.29) is 23.5 Å². The lowest BCUT2D eigenvalue weighted by Crippen LogP contribution is -2.31. The number of hydrogen-bond donors (Lipinski definition) is 2. The number of hydrogen-bond acceptors (Lipinski definition) is 5. The van der Waals surface area contributed by atoms with Crippen molar-refractivity contribution < 1.29 is 14.3 Å². The first-order valence-electron chi connectivity index (χ1n) is 6.28. The molecule has 0 aromatic carbocycles. The summed E-state index contributed by atoms with van der Waals surface area (Å²) in [5.41, 5.74) is 7.26. The standard InChI is InChI=1S/C12H18N4O3/c1-3-8-9(13)10(15-14-8)11(17)16-5-4-7(6-16)12(18)19-2/h7H,3-6,13H2,1-2H3,(H,14,15). The number of carbonyl (C=O) groups is 2. The minimum atomic E-state index is -0.278. The molecule has 1 aromatic rings. The number of nitrogens with two attached hydrogens (primary N) is 1. The minimum absolute atomic E-state index is 0.236. The molecule has 1 amide bonds. The Labute approximate surface area is 111 Å². The van der Waals surface area contributed by atoms with E-state index in [4.69, 9.17) is 5.73 Å². The normalized spacial score (nSPS) is 18.6. The summed E-state index contributed by atoms with van der Waals surface area (Å²) >= 11 is 0. The van der Waals surface area contributed by atoms with Gasteiger partial charge in [0, 0.05) is 13.1 Å². The minimum Gasteiger partial charge on any atom is -0.469 e. The molecule has 0 saturated carbocycles. The second-order valence-electron chi connectivity index (χ2n) is 4.58. The van der Waals surface area contributed by atoms with Crippen molar-refractivity contribution in [3.8, 4) is 0 Å².